The number of amides is 1. The van der Waals surface area contributed by atoms with Gasteiger partial charge in [0.05, 0.1) is 5.70 Å². The van der Waals surface area contributed by atoms with Crippen molar-refractivity contribution in [1.29, 1.82) is 0 Å². The van der Waals surface area contributed by atoms with E-state index in [1.54, 1.807) is 6.08 Å². The number of hydroxylamine groups is 1. The van der Waals surface area contributed by atoms with Gasteiger partial charge in [-0.15, -0.1) is 0 Å². The second kappa shape index (κ2) is 4.73. The molecule has 0 bridgehead atoms. The van der Waals surface area contributed by atoms with Gasteiger partial charge in [-0.05, 0) is 12.3 Å². The first-order valence-electron chi connectivity index (χ1n) is 3.48. The Balaban J connectivity index is 3.90. The van der Waals surface area contributed by atoms with Crippen molar-refractivity contribution in [1.82, 2.24) is 5.48 Å². The van der Waals surface area contributed by atoms with E-state index in [2.05, 4.69) is 0 Å². The molecule has 1 amide bonds. The van der Waals surface area contributed by atoms with Crippen molar-refractivity contribution in [2.75, 3.05) is 0 Å². The van der Waals surface area contributed by atoms with Crippen LogP contribution in [0.2, 0.25) is 0 Å². The molecule has 4 N–H and O–H groups in total. The van der Waals surface area contributed by atoms with E-state index in [4.69, 9.17) is 10.9 Å². The van der Waals surface area contributed by atoms with Crippen LogP contribution in [0.3, 0.4) is 0 Å². The molecule has 0 aliphatic rings. The molecular formula is C7H14N2O2. The number of allylic oxidation sites excluding steroid dienone is 1. The van der Waals surface area contributed by atoms with E-state index in [1.807, 2.05) is 13.8 Å². The maximum absolute atomic E-state index is 10.6. The fraction of sp³-hybridized carbons (Fsp3) is 0.571. The first kappa shape index (κ1) is 9.97. The van der Waals surface area contributed by atoms with Crippen LogP contribution in [-0.2, 0) is 4.79 Å². The summed E-state index contributed by atoms with van der Waals surface area (Å²) in [5.41, 5.74) is 6.78. The highest BCUT2D eigenvalue weighted by Gasteiger charge is 2.01. The van der Waals surface area contributed by atoms with Crippen molar-refractivity contribution in [3.63, 3.8) is 0 Å². The van der Waals surface area contributed by atoms with E-state index in [9.17, 15) is 4.79 Å². The van der Waals surface area contributed by atoms with Gasteiger partial charge in [-0.2, -0.15) is 0 Å². The van der Waals surface area contributed by atoms with E-state index < -0.39 is 5.91 Å². The predicted molar refractivity (Wildman–Crippen MR) is 41.7 cm³/mol. The molecule has 0 heterocycles. The molecule has 0 radical (unpaired) electrons. The number of hydrogen-bond donors (Lipinski definition) is 3. The zero-order valence-corrected chi connectivity index (χ0v) is 6.79. The summed E-state index contributed by atoms with van der Waals surface area (Å²) in [6.45, 7) is 4.03. The number of carbonyl (C=O) groups excluding carboxylic acids is 1. The van der Waals surface area contributed by atoms with Crippen LogP contribution in [0.1, 0.15) is 20.3 Å². The highest BCUT2D eigenvalue weighted by atomic mass is 16.5. The first-order chi connectivity index (χ1) is 5.07. The fourth-order valence-electron chi connectivity index (χ4n) is 0.520. The summed E-state index contributed by atoms with van der Waals surface area (Å²) in [6.07, 6.45) is 2.33. The van der Waals surface area contributed by atoms with Crippen molar-refractivity contribution in [3.05, 3.63) is 11.8 Å². The lowest BCUT2D eigenvalue weighted by atomic mass is 10.1. The number of carbonyl (C=O) groups is 1. The summed E-state index contributed by atoms with van der Waals surface area (Å²) in [7, 11) is 0. The van der Waals surface area contributed by atoms with Crippen LogP contribution < -0.4 is 11.2 Å². The lowest BCUT2D eigenvalue weighted by Crippen LogP contribution is -2.25. The van der Waals surface area contributed by atoms with Gasteiger partial charge in [-0.25, -0.2) is 5.48 Å². The Labute approximate surface area is 66.0 Å². The van der Waals surface area contributed by atoms with Crippen molar-refractivity contribution in [2.24, 2.45) is 11.7 Å². The molecule has 0 unspecified atom stereocenters. The molecule has 0 saturated heterocycles. The van der Waals surface area contributed by atoms with Gasteiger partial charge < -0.3 is 5.73 Å². The first-order valence-corrected chi connectivity index (χ1v) is 3.48. The second-order valence-electron chi connectivity index (χ2n) is 2.73. The average Bonchev–Trinajstić information content (AvgIpc) is 1.98. The minimum Gasteiger partial charge on any atom is -0.394 e. The van der Waals surface area contributed by atoms with Gasteiger partial charge in [0.1, 0.15) is 0 Å². The van der Waals surface area contributed by atoms with Gasteiger partial charge in [0.15, 0.2) is 0 Å². The Morgan fingerprint density at radius 3 is 2.64 bits per heavy atom. The maximum atomic E-state index is 10.6. The Bertz CT molecular complexity index is 164. The molecule has 0 atom stereocenters. The monoisotopic (exact) mass is 158 g/mol. The summed E-state index contributed by atoms with van der Waals surface area (Å²) in [4.78, 5) is 10.6. The summed E-state index contributed by atoms with van der Waals surface area (Å²) < 4.78 is 0. The van der Waals surface area contributed by atoms with Gasteiger partial charge in [0.25, 0.3) is 5.91 Å². The molecular weight excluding hydrogens is 144 g/mol. The van der Waals surface area contributed by atoms with Crippen molar-refractivity contribution in [2.45, 2.75) is 20.3 Å². The van der Waals surface area contributed by atoms with Crippen LogP contribution >= 0.6 is 0 Å². The lowest BCUT2D eigenvalue weighted by Gasteiger charge is -2.00. The quantitative estimate of drug-likeness (QED) is 0.316. The minimum absolute atomic E-state index is 0.0567. The van der Waals surface area contributed by atoms with Crippen LogP contribution in [0, 0.1) is 5.92 Å². The smallest absolute Gasteiger partial charge is 0.290 e. The highest BCUT2D eigenvalue weighted by molar-refractivity contribution is 5.91. The third-order valence-corrected chi connectivity index (χ3v) is 1.17. The van der Waals surface area contributed by atoms with Gasteiger partial charge >= 0.3 is 0 Å². The maximum Gasteiger partial charge on any atom is 0.290 e. The number of rotatable bonds is 3. The molecule has 0 aromatic rings. The highest BCUT2D eigenvalue weighted by Crippen LogP contribution is 2.01. The zero-order valence-electron chi connectivity index (χ0n) is 6.79. The summed E-state index contributed by atoms with van der Waals surface area (Å²) in [6, 6.07) is 0. The summed E-state index contributed by atoms with van der Waals surface area (Å²) in [5, 5.41) is 8.15. The molecule has 0 aromatic carbocycles. The molecule has 0 aromatic heterocycles. The van der Waals surface area contributed by atoms with Gasteiger partial charge in [-0.3, -0.25) is 10.0 Å². The van der Waals surface area contributed by atoms with E-state index in [0.29, 0.717) is 5.92 Å². The molecule has 4 heteroatoms. The molecule has 64 valence electrons. The van der Waals surface area contributed by atoms with E-state index in [0.717, 1.165) is 6.42 Å². The van der Waals surface area contributed by atoms with Crippen LogP contribution in [0.4, 0.5) is 0 Å². The Kier molecular flexibility index (Phi) is 4.29. The fourth-order valence-corrected chi connectivity index (χ4v) is 0.520. The standard InChI is InChI=1S/C7H14N2O2/c1-5(2)3-4-6(8)7(10)9-11/h4-5,11H,3,8H2,1-2H3,(H,9,10). The second-order valence-corrected chi connectivity index (χ2v) is 2.73. The minimum atomic E-state index is -0.648. The number of nitrogens with two attached hydrogens (primary N) is 1. The molecule has 0 rings (SSSR count). The molecule has 0 spiro atoms. The third-order valence-electron chi connectivity index (χ3n) is 1.17. The van der Waals surface area contributed by atoms with Crippen molar-refractivity contribution in [3.8, 4) is 0 Å². The van der Waals surface area contributed by atoms with Gasteiger partial charge in [-0.1, -0.05) is 19.9 Å². The zero-order chi connectivity index (χ0) is 8.85. The van der Waals surface area contributed by atoms with Crippen molar-refractivity contribution < 1.29 is 10.0 Å². The molecule has 0 saturated carbocycles. The van der Waals surface area contributed by atoms with Gasteiger partial charge in [0, 0.05) is 0 Å². The summed E-state index contributed by atoms with van der Waals surface area (Å²) >= 11 is 0. The average molecular weight is 158 g/mol. The predicted octanol–water partition coefficient (Wildman–Crippen LogP) is 0.381. The van der Waals surface area contributed by atoms with E-state index in [1.165, 1.54) is 5.48 Å². The van der Waals surface area contributed by atoms with Crippen LogP contribution in [0.5, 0.6) is 0 Å². The Hall–Kier alpha value is -1.03. The van der Waals surface area contributed by atoms with Crippen LogP contribution in [-0.4, -0.2) is 11.1 Å². The number of hydrogen-bond acceptors (Lipinski definition) is 3. The molecule has 4 nitrogen and oxygen atoms in total. The summed E-state index contributed by atoms with van der Waals surface area (Å²) in [5.74, 6) is -0.189. The molecule has 0 aliphatic carbocycles. The molecule has 11 heavy (non-hydrogen) atoms. The van der Waals surface area contributed by atoms with Crippen molar-refractivity contribution >= 4 is 5.91 Å². The normalized spacial score (nSPS) is 11.8. The SMILES string of the molecule is CC(C)CC=C(N)C(=O)NO. The topological polar surface area (TPSA) is 75.4 Å². The third kappa shape index (κ3) is 4.38. The Morgan fingerprint density at radius 2 is 2.27 bits per heavy atom. The van der Waals surface area contributed by atoms with Gasteiger partial charge in [0.2, 0.25) is 0 Å². The van der Waals surface area contributed by atoms with E-state index in [-0.39, 0.29) is 5.70 Å². The number of nitrogens with one attached hydrogen (secondary N) is 1. The van der Waals surface area contributed by atoms with E-state index >= 15 is 0 Å². The Morgan fingerprint density at radius 1 is 1.73 bits per heavy atom. The lowest BCUT2D eigenvalue weighted by molar-refractivity contribution is -0.125. The molecule has 0 fully saturated rings. The van der Waals surface area contributed by atoms with Crippen LogP contribution in [0.25, 0.3) is 0 Å². The van der Waals surface area contributed by atoms with Crippen LogP contribution in [0.15, 0.2) is 11.8 Å². The largest absolute Gasteiger partial charge is 0.394 e. The molecule has 0 aliphatic heterocycles.